The third-order valence-corrected chi connectivity index (χ3v) is 3.68. The maximum Gasteiger partial charge on any atom is 0.162 e. The fourth-order valence-electron chi connectivity index (χ4n) is 2.92. The summed E-state index contributed by atoms with van der Waals surface area (Å²) in [5.41, 5.74) is 0.803. The maximum atomic E-state index is 10.2. The summed E-state index contributed by atoms with van der Waals surface area (Å²) in [5, 5.41) is 23.2. The van der Waals surface area contributed by atoms with Gasteiger partial charge in [0, 0.05) is 37.8 Å². The molecule has 0 unspecified atom stereocenters. The SMILES string of the molecule is CC(C)(C)[C@H](c1cccc(O)c1O)N1CCNCC1. The summed E-state index contributed by atoms with van der Waals surface area (Å²) in [7, 11) is 0. The topological polar surface area (TPSA) is 55.7 Å². The zero-order valence-corrected chi connectivity index (χ0v) is 12.0. The van der Waals surface area contributed by atoms with Crippen molar-refractivity contribution in [3.8, 4) is 11.5 Å². The van der Waals surface area contributed by atoms with Crippen LogP contribution in [0.25, 0.3) is 0 Å². The molecule has 0 aromatic heterocycles. The average molecular weight is 264 g/mol. The van der Waals surface area contributed by atoms with Crippen LogP contribution in [0.3, 0.4) is 0 Å². The highest BCUT2D eigenvalue weighted by Gasteiger charge is 2.34. The monoisotopic (exact) mass is 264 g/mol. The van der Waals surface area contributed by atoms with Crippen LogP contribution in [-0.2, 0) is 0 Å². The van der Waals surface area contributed by atoms with Crippen LogP contribution in [-0.4, -0.2) is 41.3 Å². The zero-order chi connectivity index (χ0) is 14.0. The zero-order valence-electron chi connectivity index (χ0n) is 12.0. The number of hydrogen-bond donors (Lipinski definition) is 3. The number of para-hydroxylation sites is 1. The minimum absolute atomic E-state index is 0.0113. The Balaban J connectivity index is 2.40. The molecule has 19 heavy (non-hydrogen) atoms. The van der Waals surface area contributed by atoms with Crippen molar-refractivity contribution in [2.45, 2.75) is 26.8 Å². The second-order valence-corrected chi connectivity index (χ2v) is 6.27. The van der Waals surface area contributed by atoms with E-state index in [0.29, 0.717) is 0 Å². The van der Waals surface area contributed by atoms with E-state index in [-0.39, 0.29) is 23.0 Å². The second kappa shape index (κ2) is 5.39. The number of nitrogens with zero attached hydrogens (tertiary/aromatic N) is 1. The van der Waals surface area contributed by atoms with Crippen molar-refractivity contribution >= 4 is 0 Å². The lowest BCUT2D eigenvalue weighted by atomic mass is 9.80. The third-order valence-electron chi connectivity index (χ3n) is 3.68. The Kier molecular flexibility index (Phi) is 4.02. The summed E-state index contributed by atoms with van der Waals surface area (Å²) >= 11 is 0. The van der Waals surface area contributed by atoms with E-state index in [1.165, 1.54) is 6.07 Å². The largest absolute Gasteiger partial charge is 0.504 e. The molecule has 1 heterocycles. The van der Waals surface area contributed by atoms with E-state index in [4.69, 9.17) is 0 Å². The number of aromatic hydroxyl groups is 2. The van der Waals surface area contributed by atoms with Crippen LogP contribution in [0.15, 0.2) is 18.2 Å². The van der Waals surface area contributed by atoms with E-state index in [1.807, 2.05) is 6.07 Å². The Morgan fingerprint density at radius 3 is 2.37 bits per heavy atom. The molecule has 2 rings (SSSR count). The third kappa shape index (κ3) is 3.01. The van der Waals surface area contributed by atoms with Gasteiger partial charge in [-0.05, 0) is 11.5 Å². The highest BCUT2D eigenvalue weighted by molar-refractivity contribution is 5.46. The molecule has 1 aliphatic rings. The lowest BCUT2D eigenvalue weighted by molar-refractivity contribution is 0.0839. The molecule has 4 nitrogen and oxygen atoms in total. The second-order valence-electron chi connectivity index (χ2n) is 6.27. The molecule has 0 radical (unpaired) electrons. The molecule has 0 saturated carbocycles. The van der Waals surface area contributed by atoms with Crippen molar-refractivity contribution < 1.29 is 10.2 Å². The van der Waals surface area contributed by atoms with Crippen LogP contribution in [0.5, 0.6) is 11.5 Å². The van der Waals surface area contributed by atoms with Gasteiger partial charge >= 0.3 is 0 Å². The van der Waals surface area contributed by atoms with Crippen molar-refractivity contribution in [3.63, 3.8) is 0 Å². The number of benzene rings is 1. The Hall–Kier alpha value is -1.26. The first-order valence-corrected chi connectivity index (χ1v) is 6.87. The quantitative estimate of drug-likeness (QED) is 0.716. The minimum Gasteiger partial charge on any atom is -0.504 e. The van der Waals surface area contributed by atoms with Crippen molar-refractivity contribution in [1.82, 2.24) is 10.2 Å². The summed E-state index contributed by atoms with van der Waals surface area (Å²) < 4.78 is 0. The minimum atomic E-state index is -0.0399. The number of nitrogens with one attached hydrogen (secondary N) is 1. The van der Waals surface area contributed by atoms with Gasteiger partial charge in [-0.15, -0.1) is 0 Å². The summed E-state index contributed by atoms with van der Waals surface area (Å²) in [5.74, 6) is -0.0251. The van der Waals surface area contributed by atoms with Crippen LogP contribution < -0.4 is 5.32 Å². The van der Waals surface area contributed by atoms with E-state index >= 15 is 0 Å². The van der Waals surface area contributed by atoms with Crippen molar-refractivity contribution in [3.05, 3.63) is 23.8 Å². The first-order valence-electron chi connectivity index (χ1n) is 6.87. The van der Waals surface area contributed by atoms with Gasteiger partial charge in [0.25, 0.3) is 0 Å². The van der Waals surface area contributed by atoms with Gasteiger partial charge in [-0.2, -0.15) is 0 Å². The standard InChI is InChI=1S/C15H24N2O2/c1-15(2,3)14(17-9-7-16-8-10-17)11-5-4-6-12(18)13(11)19/h4-6,14,16,18-19H,7-10H2,1-3H3/t14-/m0/s1. The van der Waals surface area contributed by atoms with Gasteiger partial charge in [-0.3, -0.25) is 4.90 Å². The van der Waals surface area contributed by atoms with E-state index in [0.717, 1.165) is 31.7 Å². The maximum absolute atomic E-state index is 10.2. The molecular weight excluding hydrogens is 240 g/mol. The van der Waals surface area contributed by atoms with Gasteiger partial charge in [0.15, 0.2) is 11.5 Å². The molecule has 0 bridgehead atoms. The number of phenolic OH excluding ortho intramolecular Hbond substituents is 2. The molecule has 0 spiro atoms. The Bertz CT molecular complexity index is 434. The molecule has 1 saturated heterocycles. The highest BCUT2D eigenvalue weighted by Crippen LogP contribution is 2.44. The highest BCUT2D eigenvalue weighted by atomic mass is 16.3. The summed E-state index contributed by atoms with van der Waals surface area (Å²) in [6.07, 6.45) is 0. The number of rotatable bonds is 2. The normalized spacial score (nSPS) is 19.3. The first kappa shape index (κ1) is 14.2. The Morgan fingerprint density at radius 1 is 1.16 bits per heavy atom. The van der Waals surface area contributed by atoms with Crippen molar-refractivity contribution in [2.24, 2.45) is 5.41 Å². The van der Waals surface area contributed by atoms with Crippen LogP contribution in [0, 0.1) is 5.41 Å². The van der Waals surface area contributed by atoms with Gasteiger partial charge in [0.1, 0.15) is 0 Å². The smallest absolute Gasteiger partial charge is 0.162 e. The molecule has 106 valence electrons. The summed E-state index contributed by atoms with van der Waals surface area (Å²) in [6, 6.07) is 5.33. The van der Waals surface area contributed by atoms with E-state index < -0.39 is 0 Å². The van der Waals surface area contributed by atoms with Gasteiger partial charge in [0.2, 0.25) is 0 Å². The lowest BCUT2D eigenvalue weighted by Gasteiger charge is -2.42. The number of piperazine rings is 1. The van der Waals surface area contributed by atoms with Crippen LogP contribution >= 0.6 is 0 Å². The molecule has 1 aromatic carbocycles. The van der Waals surface area contributed by atoms with E-state index in [2.05, 4.69) is 31.0 Å². The molecule has 1 atom stereocenters. The van der Waals surface area contributed by atoms with Gasteiger partial charge in [-0.25, -0.2) is 0 Å². The van der Waals surface area contributed by atoms with Crippen LogP contribution in [0.2, 0.25) is 0 Å². The molecule has 1 aliphatic heterocycles. The summed E-state index contributed by atoms with van der Waals surface area (Å²) in [4.78, 5) is 2.38. The molecule has 0 aliphatic carbocycles. The fraction of sp³-hybridized carbons (Fsp3) is 0.600. The molecule has 3 N–H and O–H groups in total. The van der Waals surface area contributed by atoms with Gasteiger partial charge in [0.05, 0.1) is 0 Å². The molecule has 4 heteroatoms. The van der Waals surface area contributed by atoms with E-state index in [1.54, 1.807) is 6.07 Å². The number of hydrogen-bond acceptors (Lipinski definition) is 4. The van der Waals surface area contributed by atoms with Crippen LogP contribution in [0.4, 0.5) is 0 Å². The molecule has 1 fully saturated rings. The van der Waals surface area contributed by atoms with Crippen LogP contribution in [0.1, 0.15) is 32.4 Å². The molecule has 1 aromatic rings. The Labute approximate surface area is 115 Å². The summed E-state index contributed by atoms with van der Waals surface area (Å²) in [6.45, 7) is 10.3. The number of phenols is 2. The first-order chi connectivity index (χ1) is 8.91. The Morgan fingerprint density at radius 2 is 1.79 bits per heavy atom. The molecule has 0 amide bonds. The fourth-order valence-corrected chi connectivity index (χ4v) is 2.92. The lowest BCUT2D eigenvalue weighted by Crippen LogP contribution is -2.48. The average Bonchev–Trinajstić information content (AvgIpc) is 2.35. The van der Waals surface area contributed by atoms with E-state index in [9.17, 15) is 10.2 Å². The van der Waals surface area contributed by atoms with Crippen molar-refractivity contribution in [1.29, 1.82) is 0 Å². The predicted molar refractivity (Wildman–Crippen MR) is 76.4 cm³/mol. The van der Waals surface area contributed by atoms with Gasteiger partial charge in [-0.1, -0.05) is 32.9 Å². The predicted octanol–water partition coefficient (Wildman–Crippen LogP) is 2.09. The van der Waals surface area contributed by atoms with Gasteiger partial charge < -0.3 is 15.5 Å². The van der Waals surface area contributed by atoms with Crippen molar-refractivity contribution in [2.75, 3.05) is 26.2 Å². The molecular formula is C15H24N2O2.